The summed E-state index contributed by atoms with van der Waals surface area (Å²) in [5, 5.41) is 20.9. The Labute approximate surface area is 139 Å². The van der Waals surface area contributed by atoms with Gasteiger partial charge in [0.05, 0.1) is 35.3 Å². The highest BCUT2D eigenvalue weighted by atomic mass is 16.3. The topological polar surface area (TPSA) is 81.4 Å². The molecule has 1 aliphatic heterocycles. The second-order valence-corrected chi connectivity index (χ2v) is 6.43. The van der Waals surface area contributed by atoms with E-state index < -0.39 is 17.9 Å². The predicted molar refractivity (Wildman–Crippen MR) is 88.0 cm³/mol. The summed E-state index contributed by atoms with van der Waals surface area (Å²) in [6.45, 7) is 0. The van der Waals surface area contributed by atoms with Crippen molar-refractivity contribution in [2.24, 2.45) is 11.8 Å². The number of hydrogen-bond donors (Lipinski definition) is 1. The summed E-state index contributed by atoms with van der Waals surface area (Å²) in [6, 6.07) is 12.7. The Kier molecular flexibility index (Phi) is 3.36. The van der Waals surface area contributed by atoms with Crippen molar-refractivity contribution in [1.29, 1.82) is 5.26 Å². The highest BCUT2D eigenvalue weighted by molar-refractivity contribution is 6.25. The van der Waals surface area contributed by atoms with Crippen LogP contribution in [0.5, 0.6) is 0 Å². The van der Waals surface area contributed by atoms with Crippen molar-refractivity contribution < 1.29 is 14.7 Å². The molecule has 3 atom stereocenters. The van der Waals surface area contributed by atoms with E-state index in [2.05, 4.69) is 6.07 Å². The largest absolute Gasteiger partial charge is 0.392 e. The van der Waals surface area contributed by atoms with Gasteiger partial charge in [-0.2, -0.15) is 5.26 Å². The monoisotopic (exact) mass is 320 g/mol. The molecule has 5 nitrogen and oxygen atoms in total. The van der Waals surface area contributed by atoms with Crippen LogP contribution >= 0.6 is 0 Å². The summed E-state index contributed by atoms with van der Waals surface area (Å²) in [7, 11) is 0. The Morgan fingerprint density at radius 3 is 2.50 bits per heavy atom. The minimum atomic E-state index is -0.755. The number of rotatable bonds is 1. The fourth-order valence-corrected chi connectivity index (χ4v) is 4.02. The number of fused-ring (bicyclic) bond motifs is 2. The van der Waals surface area contributed by atoms with Crippen LogP contribution in [0.3, 0.4) is 0 Å². The van der Waals surface area contributed by atoms with E-state index >= 15 is 0 Å². The zero-order chi connectivity index (χ0) is 16.8. The van der Waals surface area contributed by atoms with E-state index in [9.17, 15) is 20.0 Å². The lowest BCUT2D eigenvalue weighted by Gasteiger charge is -2.25. The molecule has 2 aromatic carbocycles. The number of carbonyl (C=O) groups excluding carboxylic acids is 2. The van der Waals surface area contributed by atoms with Crippen LogP contribution in [0.25, 0.3) is 10.8 Å². The van der Waals surface area contributed by atoms with Crippen molar-refractivity contribution in [3.05, 3.63) is 42.0 Å². The molecule has 4 rings (SSSR count). The number of hydrogen-bond acceptors (Lipinski definition) is 4. The molecule has 1 N–H and O–H groups in total. The van der Waals surface area contributed by atoms with E-state index in [4.69, 9.17) is 0 Å². The van der Waals surface area contributed by atoms with Gasteiger partial charge in [-0.1, -0.05) is 30.7 Å². The number of aliphatic hydroxyl groups is 1. The second kappa shape index (κ2) is 5.43. The summed E-state index contributed by atoms with van der Waals surface area (Å²) in [6.07, 6.45) is 1.19. The second-order valence-electron chi connectivity index (χ2n) is 6.43. The Morgan fingerprint density at radius 1 is 1.04 bits per heavy atom. The molecule has 5 heteroatoms. The molecule has 1 unspecified atom stereocenters. The molecule has 1 saturated carbocycles. The van der Waals surface area contributed by atoms with E-state index in [1.165, 1.54) is 4.90 Å². The first-order valence-electron chi connectivity index (χ1n) is 8.11. The molecule has 2 aliphatic rings. The summed E-state index contributed by atoms with van der Waals surface area (Å²) in [4.78, 5) is 26.9. The third-order valence-corrected chi connectivity index (χ3v) is 5.17. The summed E-state index contributed by atoms with van der Waals surface area (Å²) in [5.41, 5.74) is 1.01. The van der Waals surface area contributed by atoms with Gasteiger partial charge in [-0.25, -0.2) is 4.90 Å². The molecule has 2 fully saturated rings. The van der Waals surface area contributed by atoms with Crippen LogP contribution < -0.4 is 4.90 Å². The normalized spacial score (nSPS) is 26.5. The van der Waals surface area contributed by atoms with E-state index in [-0.39, 0.29) is 11.8 Å². The Hall–Kier alpha value is -2.71. The van der Waals surface area contributed by atoms with Gasteiger partial charge in [0.2, 0.25) is 11.8 Å². The van der Waals surface area contributed by atoms with E-state index in [0.717, 1.165) is 6.42 Å². The molecule has 0 aromatic heterocycles. The number of carbonyl (C=O) groups is 2. The molecule has 1 heterocycles. The van der Waals surface area contributed by atoms with Crippen LogP contribution in [0.1, 0.15) is 24.8 Å². The summed E-state index contributed by atoms with van der Waals surface area (Å²) < 4.78 is 0. The van der Waals surface area contributed by atoms with Crippen LogP contribution in [-0.2, 0) is 9.59 Å². The fraction of sp³-hybridized carbons (Fsp3) is 0.316. The smallest absolute Gasteiger partial charge is 0.240 e. The average Bonchev–Trinajstić information content (AvgIpc) is 2.86. The zero-order valence-corrected chi connectivity index (χ0v) is 13.0. The van der Waals surface area contributed by atoms with Gasteiger partial charge in [0.25, 0.3) is 0 Å². The highest BCUT2D eigenvalue weighted by Gasteiger charge is 2.52. The van der Waals surface area contributed by atoms with E-state index in [1.54, 1.807) is 12.1 Å². The van der Waals surface area contributed by atoms with Crippen LogP contribution in [0.4, 0.5) is 5.69 Å². The Balaban J connectivity index is 1.88. The number of nitriles is 1. The number of aliphatic hydroxyl groups excluding tert-OH is 1. The van der Waals surface area contributed by atoms with Crippen LogP contribution in [0, 0.1) is 23.2 Å². The average molecular weight is 320 g/mol. The van der Waals surface area contributed by atoms with Crippen molar-refractivity contribution in [2.45, 2.75) is 25.4 Å². The minimum Gasteiger partial charge on any atom is -0.392 e. The van der Waals surface area contributed by atoms with Gasteiger partial charge in [-0.3, -0.25) is 9.59 Å². The highest BCUT2D eigenvalue weighted by Crippen LogP contribution is 2.42. The standard InChI is InChI=1S/C19H16N2O3/c20-10-11-8-9-15(13-5-2-1-4-12(11)13)21-18(23)14-6-3-7-16(22)17(14)19(21)24/h1-2,4-5,8-9,14,16-17,22H,3,6-7H2/t14?,16-,17+/m0/s1. The van der Waals surface area contributed by atoms with Gasteiger partial charge in [0, 0.05) is 10.8 Å². The molecule has 0 radical (unpaired) electrons. The van der Waals surface area contributed by atoms with Crippen LogP contribution in [-0.4, -0.2) is 23.0 Å². The number of nitrogens with zero attached hydrogens (tertiary/aromatic N) is 2. The molecule has 0 spiro atoms. The molecule has 0 bridgehead atoms. The van der Waals surface area contributed by atoms with Gasteiger partial charge >= 0.3 is 0 Å². The van der Waals surface area contributed by atoms with Crippen LogP contribution in [0.2, 0.25) is 0 Å². The lowest BCUT2D eigenvalue weighted by Crippen LogP contribution is -2.35. The Morgan fingerprint density at radius 2 is 1.79 bits per heavy atom. The first kappa shape index (κ1) is 14.9. The SMILES string of the molecule is N#Cc1ccc(N2C(=O)C3CCC[C@H](O)[C@@H]3C2=O)c2ccccc12. The van der Waals surface area contributed by atoms with Crippen molar-refractivity contribution in [3.8, 4) is 6.07 Å². The summed E-state index contributed by atoms with van der Waals surface area (Å²) in [5.74, 6) is -1.64. The number of anilines is 1. The van der Waals surface area contributed by atoms with Gasteiger partial charge in [0.1, 0.15) is 0 Å². The lowest BCUT2D eigenvalue weighted by atomic mass is 9.79. The van der Waals surface area contributed by atoms with Gasteiger partial charge < -0.3 is 5.11 Å². The zero-order valence-electron chi connectivity index (χ0n) is 13.0. The third-order valence-electron chi connectivity index (χ3n) is 5.17. The number of amides is 2. The predicted octanol–water partition coefficient (Wildman–Crippen LogP) is 2.36. The quantitative estimate of drug-likeness (QED) is 0.818. The van der Waals surface area contributed by atoms with Gasteiger partial charge in [0.15, 0.2) is 0 Å². The maximum Gasteiger partial charge on any atom is 0.240 e. The fourth-order valence-electron chi connectivity index (χ4n) is 4.02. The molecular formula is C19H16N2O3. The number of benzene rings is 2. The van der Waals surface area contributed by atoms with E-state index in [1.807, 2.05) is 24.3 Å². The molecule has 24 heavy (non-hydrogen) atoms. The number of imide groups is 1. The minimum absolute atomic E-state index is 0.237. The molecule has 1 saturated heterocycles. The Bertz CT molecular complexity index is 899. The molecular weight excluding hydrogens is 304 g/mol. The molecule has 2 amide bonds. The molecule has 2 aromatic rings. The van der Waals surface area contributed by atoms with Gasteiger partial charge in [-0.15, -0.1) is 0 Å². The first-order valence-corrected chi connectivity index (χ1v) is 8.11. The first-order chi connectivity index (χ1) is 11.6. The summed E-state index contributed by atoms with van der Waals surface area (Å²) >= 11 is 0. The van der Waals surface area contributed by atoms with Crippen molar-refractivity contribution in [2.75, 3.05) is 4.90 Å². The van der Waals surface area contributed by atoms with Crippen molar-refractivity contribution in [1.82, 2.24) is 0 Å². The molecule has 120 valence electrons. The molecule has 1 aliphatic carbocycles. The van der Waals surface area contributed by atoms with E-state index in [0.29, 0.717) is 34.9 Å². The van der Waals surface area contributed by atoms with Gasteiger partial charge in [-0.05, 0) is 25.0 Å². The third kappa shape index (κ3) is 1.97. The van der Waals surface area contributed by atoms with Crippen molar-refractivity contribution >= 4 is 28.3 Å². The maximum absolute atomic E-state index is 12.8. The lowest BCUT2D eigenvalue weighted by molar-refractivity contribution is -0.126. The van der Waals surface area contributed by atoms with Crippen molar-refractivity contribution in [3.63, 3.8) is 0 Å². The van der Waals surface area contributed by atoms with Crippen LogP contribution in [0.15, 0.2) is 36.4 Å². The maximum atomic E-state index is 12.8.